The molecule has 2 aromatic carbocycles. The van der Waals surface area contributed by atoms with Crippen molar-refractivity contribution in [3.8, 4) is 32.5 Å². The smallest absolute Gasteiger partial charge is 0.395 e. The summed E-state index contributed by atoms with van der Waals surface area (Å²) in [6.07, 6.45) is -1.82. The molecule has 5 nitrogen and oxygen atoms in total. The largest absolute Gasteiger partial charge is 0.422 e. The van der Waals surface area contributed by atoms with E-state index in [1.165, 1.54) is 11.3 Å². The third kappa shape index (κ3) is 4.26. The van der Waals surface area contributed by atoms with Crippen LogP contribution in [0, 0.1) is 0 Å². The first-order valence-corrected chi connectivity index (χ1v) is 11.8. The fraction of sp³-hybridized carbons (Fsp3) is 0.280. The molecule has 1 atom stereocenters. The van der Waals surface area contributed by atoms with Crippen molar-refractivity contribution in [3.05, 3.63) is 70.9 Å². The molecule has 0 saturated carbocycles. The Hall–Kier alpha value is -3.01. The number of nitrogens with two attached hydrogens (primary N) is 1. The highest BCUT2D eigenvalue weighted by atomic mass is 32.1. The Bertz CT molecular complexity index is 1310. The van der Waals surface area contributed by atoms with E-state index in [2.05, 4.69) is 16.2 Å². The second kappa shape index (κ2) is 8.98. The quantitative estimate of drug-likeness (QED) is 0.377. The van der Waals surface area contributed by atoms with E-state index in [9.17, 15) is 13.2 Å². The van der Waals surface area contributed by atoms with Crippen molar-refractivity contribution in [1.82, 2.24) is 10.1 Å². The zero-order valence-electron chi connectivity index (χ0n) is 18.1. The summed E-state index contributed by atoms with van der Waals surface area (Å²) >= 11 is 1.20. The lowest BCUT2D eigenvalue weighted by molar-refractivity contribution is -0.136. The van der Waals surface area contributed by atoms with Gasteiger partial charge in [0.1, 0.15) is 11.3 Å². The first kappa shape index (κ1) is 22.8. The molecule has 4 aromatic rings. The van der Waals surface area contributed by atoms with Crippen LogP contribution in [-0.4, -0.2) is 27.9 Å². The molecule has 1 aliphatic rings. The zero-order valence-corrected chi connectivity index (χ0v) is 18.9. The highest BCUT2D eigenvalue weighted by Gasteiger charge is 2.42. The van der Waals surface area contributed by atoms with E-state index in [1.54, 1.807) is 30.3 Å². The van der Waals surface area contributed by atoms with E-state index < -0.39 is 11.7 Å². The lowest BCUT2D eigenvalue weighted by atomic mass is 9.91. The van der Waals surface area contributed by atoms with Crippen LogP contribution in [0.2, 0.25) is 0 Å². The van der Waals surface area contributed by atoms with Crippen LogP contribution in [-0.2, 0) is 25.4 Å². The molecule has 0 radical (unpaired) electrons. The van der Waals surface area contributed by atoms with Gasteiger partial charge in [-0.15, -0.1) is 11.3 Å². The average molecular weight is 486 g/mol. The van der Waals surface area contributed by atoms with Crippen LogP contribution in [0.15, 0.2) is 53.1 Å². The first-order chi connectivity index (χ1) is 16.3. The molecule has 1 aliphatic carbocycles. The molecule has 2 aromatic heterocycles. The summed E-state index contributed by atoms with van der Waals surface area (Å²) < 4.78 is 47.5. The summed E-state index contributed by atoms with van der Waals surface area (Å²) in [7, 11) is 0. The van der Waals surface area contributed by atoms with Crippen molar-refractivity contribution in [1.29, 1.82) is 0 Å². The molecule has 0 amide bonds. The average Bonchev–Trinajstić information content (AvgIpc) is 3.47. The van der Waals surface area contributed by atoms with E-state index in [4.69, 9.17) is 15.4 Å². The van der Waals surface area contributed by atoms with Gasteiger partial charge < -0.3 is 15.4 Å². The minimum atomic E-state index is -4.64. The molecular formula is C25H22F3N3O2S. The number of rotatable bonds is 6. The third-order valence-electron chi connectivity index (χ3n) is 6.00. The van der Waals surface area contributed by atoms with Crippen LogP contribution in [0.1, 0.15) is 28.8 Å². The number of aryl methyl sites for hydroxylation is 3. The van der Waals surface area contributed by atoms with Crippen LogP contribution in [0.3, 0.4) is 0 Å². The summed E-state index contributed by atoms with van der Waals surface area (Å²) in [4.78, 5) is 5.40. The monoisotopic (exact) mass is 485 g/mol. The lowest BCUT2D eigenvalue weighted by Gasteiger charge is -2.16. The third-order valence-corrected chi connectivity index (χ3v) is 7.13. The number of nitrogens with zero attached hydrogens (tertiary/aromatic N) is 2. The normalized spacial score (nSPS) is 14.0. The summed E-state index contributed by atoms with van der Waals surface area (Å²) in [5, 5.41) is 13.1. The van der Waals surface area contributed by atoms with Crippen LogP contribution >= 0.6 is 11.3 Å². The summed E-state index contributed by atoms with van der Waals surface area (Å²) in [6, 6.07) is 14.1. The Morgan fingerprint density at radius 3 is 2.65 bits per heavy atom. The zero-order chi connectivity index (χ0) is 23.9. The second-order valence-electron chi connectivity index (χ2n) is 8.37. The number of aliphatic hydroxyl groups is 1. The van der Waals surface area contributed by atoms with Gasteiger partial charge in [-0.1, -0.05) is 53.7 Å². The van der Waals surface area contributed by atoms with E-state index in [0.29, 0.717) is 18.4 Å². The van der Waals surface area contributed by atoms with Gasteiger partial charge in [-0.25, -0.2) is 4.98 Å². The molecule has 176 valence electrons. The van der Waals surface area contributed by atoms with Gasteiger partial charge in [0.05, 0.1) is 17.2 Å². The molecule has 0 spiro atoms. The predicted molar refractivity (Wildman–Crippen MR) is 124 cm³/mol. The molecule has 0 fully saturated rings. The number of hydrogen-bond acceptors (Lipinski definition) is 6. The molecule has 0 saturated heterocycles. The van der Waals surface area contributed by atoms with Crippen molar-refractivity contribution in [2.75, 3.05) is 6.61 Å². The van der Waals surface area contributed by atoms with Gasteiger partial charge >= 0.3 is 6.18 Å². The fourth-order valence-corrected chi connectivity index (χ4v) is 5.40. The van der Waals surface area contributed by atoms with Crippen LogP contribution in [0.4, 0.5) is 13.2 Å². The minimum Gasteiger partial charge on any atom is -0.395 e. The number of fused-ring (bicyclic) bond motifs is 3. The number of halogens is 3. The van der Waals surface area contributed by atoms with Crippen molar-refractivity contribution in [2.45, 2.75) is 37.9 Å². The van der Waals surface area contributed by atoms with Gasteiger partial charge in [0.2, 0.25) is 5.76 Å². The lowest BCUT2D eigenvalue weighted by Crippen LogP contribution is -2.24. The molecule has 5 rings (SSSR count). The topological polar surface area (TPSA) is 85.2 Å². The SMILES string of the molecule is NC(CO)CCc1ccc2c(c1)CCc1nc(-c3onc(-c4ccccc4)c3C(F)(F)F)sc1-2. The molecule has 34 heavy (non-hydrogen) atoms. The van der Waals surface area contributed by atoms with Crippen LogP contribution in [0.25, 0.3) is 32.5 Å². The van der Waals surface area contributed by atoms with Crippen molar-refractivity contribution >= 4 is 11.3 Å². The highest BCUT2D eigenvalue weighted by Crippen LogP contribution is 2.47. The van der Waals surface area contributed by atoms with Gasteiger partial charge in [-0.3, -0.25) is 0 Å². The Morgan fingerprint density at radius 1 is 1.12 bits per heavy atom. The minimum absolute atomic E-state index is 0.0501. The number of benzene rings is 2. The maximum atomic E-state index is 14.1. The van der Waals surface area contributed by atoms with Gasteiger partial charge in [0.15, 0.2) is 5.01 Å². The standard InChI is InChI=1S/C25H22F3N3O2S/c26-25(27,28)20-21(15-4-2-1-3-5-15)31-33-22(20)24-30-19-11-8-16-12-14(6-9-17(29)13-32)7-10-18(16)23(19)34-24/h1-5,7,10,12,17,32H,6,8-9,11,13,29H2. The maximum Gasteiger partial charge on any atom is 0.422 e. The molecule has 1 unspecified atom stereocenters. The van der Waals surface area contributed by atoms with Gasteiger partial charge in [-0.2, -0.15) is 13.2 Å². The van der Waals surface area contributed by atoms with Crippen molar-refractivity contribution in [2.24, 2.45) is 5.73 Å². The van der Waals surface area contributed by atoms with Crippen LogP contribution in [0.5, 0.6) is 0 Å². The summed E-state index contributed by atoms with van der Waals surface area (Å²) in [5.41, 5.74) is 9.03. The molecule has 9 heteroatoms. The molecule has 3 N–H and O–H groups in total. The van der Waals surface area contributed by atoms with E-state index >= 15 is 0 Å². The van der Waals surface area contributed by atoms with Crippen LogP contribution < -0.4 is 5.73 Å². The van der Waals surface area contributed by atoms with E-state index in [1.807, 2.05) is 12.1 Å². The number of thiazole rings is 1. The molecule has 0 aliphatic heterocycles. The number of aliphatic hydroxyl groups excluding tert-OH is 1. The maximum absolute atomic E-state index is 14.1. The van der Waals surface area contributed by atoms with Crippen molar-refractivity contribution in [3.63, 3.8) is 0 Å². The van der Waals surface area contributed by atoms with E-state index in [-0.39, 0.29) is 29.1 Å². The first-order valence-electron chi connectivity index (χ1n) is 11.0. The highest BCUT2D eigenvalue weighted by molar-refractivity contribution is 7.18. The van der Waals surface area contributed by atoms with Crippen molar-refractivity contribution < 1.29 is 22.8 Å². The molecular weight excluding hydrogens is 463 g/mol. The predicted octanol–water partition coefficient (Wildman–Crippen LogP) is 5.50. The summed E-state index contributed by atoms with van der Waals surface area (Å²) in [6.45, 7) is -0.0501. The Balaban J connectivity index is 1.52. The number of aromatic nitrogens is 2. The Kier molecular flexibility index (Phi) is 6.01. The van der Waals surface area contributed by atoms with Gasteiger partial charge in [-0.05, 0) is 42.4 Å². The molecule has 0 bridgehead atoms. The Labute approximate surface area is 198 Å². The second-order valence-corrected chi connectivity index (χ2v) is 9.37. The summed E-state index contributed by atoms with van der Waals surface area (Å²) in [5.74, 6) is -0.345. The fourth-order valence-electron chi connectivity index (χ4n) is 4.25. The van der Waals surface area contributed by atoms with Gasteiger partial charge in [0, 0.05) is 11.6 Å². The molecule has 2 heterocycles. The van der Waals surface area contributed by atoms with E-state index in [0.717, 1.165) is 40.1 Å². The number of hydrogen-bond donors (Lipinski definition) is 2. The van der Waals surface area contributed by atoms with Gasteiger partial charge in [0.25, 0.3) is 0 Å². The number of alkyl halides is 3. The Morgan fingerprint density at radius 2 is 1.91 bits per heavy atom.